The Balaban J connectivity index is 2.05. The molecule has 4 heteroatoms. The largest absolute Gasteiger partial charge is 0.495 e. The number of halogens is 2. The molecule has 1 aliphatic rings. The molecule has 0 amide bonds. The smallest absolute Gasteiger partial charge is 0.138 e. The second kappa shape index (κ2) is 4.82. The molecule has 2 unspecified atom stereocenters. The van der Waals surface area contributed by atoms with E-state index >= 15 is 0 Å². The summed E-state index contributed by atoms with van der Waals surface area (Å²) in [6.07, 6.45) is 1.25. The molecule has 1 aromatic carbocycles. The van der Waals surface area contributed by atoms with E-state index in [4.69, 9.17) is 27.9 Å². The Morgan fingerprint density at radius 1 is 1.38 bits per heavy atom. The minimum absolute atomic E-state index is 0.604. The summed E-state index contributed by atoms with van der Waals surface area (Å²) in [6, 6.07) is 4.26. The summed E-state index contributed by atoms with van der Waals surface area (Å²) in [5, 5.41) is 4.74. The molecule has 1 aromatic rings. The number of hydrogen-bond donors (Lipinski definition) is 1. The Labute approximate surface area is 106 Å². The maximum absolute atomic E-state index is 6.14. The number of methoxy groups -OCH3 is 1. The van der Waals surface area contributed by atoms with Crippen molar-refractivity contribution >= 4 is 23.2 Å². The van der Waals surface area contributed by atoms with Crippen LogP contribution in [0.15, 0.2) is 12.1 Å². The summed E-state index contributed by atoms with van der Waals surface area (Å²) in [4.78, 5) is 0. The highest BCUT2D eigenvalue weighted by Gasteiger charge is 2.31. The number of nitrogens with one attached hydrogen (secondary N) is 1. The van der Waals surface area contributed by atoms with Gasteiger partial charge in [0.25, 0.3) is 0 Å². The monoisotopic (exact) mass is 259 g/mol. The lowest BCUT2D eigenvalue weighted by molar-refractivity contribution is 0.415. The highest BCUT2D eigenvalue weighted by atomic mass is 35.5. The van der Waals surface area contributed by atoms with Gasteiger partial charge in [-0.3, -0.25) is 0 Å². The van der Waals surface area contributed by atoms with E-state index in [0.717, 1.165) is 18.0 Å². The third-order valence-corrected chi connectivity index (χ3v) is 3.63. The molecule has 2 atom stereocenters. The molecular formula is C12H15Cl2NO. The first kappa shape index (κ1) is 12.0. The predicted molar refractivity (Wildman–Crippen MR) is 67.4 cm³/mol. The first-order valence-electron chi connectivity index (χ1n) is 5.37. The lowest BCUT2D eigenvalue weighted by Crippen LogP contribution is -2.17. The average Bonchev–Trinajstić information content (AvgIpc) is 2.95. The average molecular weight is 260 g/mol. The van der Waals surface area contributed by atoms with Gasteiger partial charge in [-0.15, -0.1) is 0 Å². The van der Waals surface area contributed by atoms with Crippen molar-refractivity contribution in [1.29, 1.82) is 0 Å². The molecule has 0 aliphatic heterocycles. The number of benzene rings is 1. The van der Waals surface area contributed by atoms with E-state index in [0.29, 0.717) is 21.8 Å². The summed E-state index contributed by atoms with van der Waals surface area (Å²) in [7, 11) is 1.58. The first-order chi connectivity index (χ1) is 7.61. The summed E-state index contributed by atoms with van der Waals surface area (Å²) < 4.78 is 5.10. The van der Waals surface area contributed by atoms with Gasteiger partial charge in [-0.25, -0.2) is 0 Å². The van der Waals surface area contributed by atoms with Crippen LogP contribution in [0.3, 0.4) is 0 Å². The zero-order chi connectivity index (χ0) is 11.7. The molecule has 0 spiro atoms. The normalized spacial score (nSPS) is 23.2. The minimum atomic E-state index is 0.604. The Kier molecular flexibility index (Phi) is 3.63. The molecule has 1 saturated carbocycles. The number of rotatable bonds is 4. The Hall–Kier alpha value is -0.440. The molecule has 1 aliphatic carbocycles. The molecule has 0 bridgehead atoms. The Morgan fingerprint density at radius 2 is 2.06 bits per heavy atom. The summed E-state index contributed by atoms with van der Waals surface area (Å²) in [6.45, 7) is 3.00. The highest BCUT2D eigenvalue weighted by Crippen LogP contribution is 2.33. The molecule has 1 fully saturated rings. The van der Waals surface area contributed by atoms with E-state index < -0.39 is 0 Å². The maximum Gasteiger partial charge on any atom is 0.138 e. The molecular weight excluding hydrogens is 245 g/mol. The van der Waals surface area contributed by atoms with Crippen LogP contribution in [0.4, 0.5) is 0 Å². The molecule has 0 aromatic heterocycles. The molecule has 0 saturated heterocycles. The Bertz CT molecular complexity index is 395. The molecule has 2 nitrogen and oxygen atoms in total. The van der Waals surface area contributed by atoms with Crippen molar-refractivity contribution < 1.29 is 4.74 Å². The quantitative estimate of drug-likeness (QED) is 0.894. The predicted octanol–water partition coefficient (Wildman–Crippen LogP) is 3.50. The maximum atomic E-state index is 6.14. The zero-order valence-electron chi connectivity index (χ0n) is 9.39. The van der Waals surface area contributed by atoms with E-state index in [1.807, 2.05) is 6.07 Å². The van der Waals surface area contributed by atoms with Crippen molar-refractivity contribution in [2.75, 3.05) is 7.11 Å². The van der Waals surface area contributed by atoms with Crippen LogP contribution in [0.25, 0.3) is 0 Å². The van der Waals surface area contributed by atoms with Crippen LogP contribution in [-0.4, -0.2) is 13.2 Å². The SMILES string of the molecule is COc1cc(Cl)c(CNC2CC2C)cc1Cl. The van der Waals surface area contributed by atoms with Gasteiger partial charge in [-0.1, -0.05) is 30.1 Å². The van der Waals surface area contributed by atoms with Crippen molar-refractivity contribution in [3.63, 3.8) is 0 Å². The Morgan fingerprint density at radius 3 is 2.62 bits per heavy atom. The molecule has 16 heavy (non-hydrogen) atoms. The summed E-state index contributed by atoms with van der Waals surface area (Å²) in [5.41, 5.74) is 1.02. The van der Waals surface area contributed by atoms with Gasteiger partial charge in [0.2, 0.25) is 0 Å². The van der Waals surface area contributed by atoms with Crippen LogP contribution in [0, 0.1) is 5.92 Å². The topological polar surface area (TPSA) is 21.3 Å². The van der Waals surface area contributed by atoms with Gasteiger partial charge >= 0.3 is 0 Å². The van der Waals surface area contributed by atoms with Crippen molar-refractivity contribution in [2.24, 2.45) is 5.92 Å². The van der Waals surface area contributed by atoms with Crippen molar-refractivity contribution in [3.05, 3.63) is 27.7 Å². The summed E-state index contributed by atoms with van der Waals surface area (Å²) >= 11 is 12.2. The van der Waals surface area contributed by atoms with E-state index in [9.17, 15) is 0 Å². The van der Waals surface area contributed by atoms with E-state index in [1.54, 1.807) is 13.2 Å². The van der Waals surface area contributed by atoms with Gasteiger partial charge in [-0.05, 0) is 24.0 Å². The molecule has 2 rings (SSSR count). The van der Waals surface area contributed by atoms with Crippen LogP contribution < -0.4 is 10.1 Å². The van der Waals surface area contributed by atoms with Gasteiger partial charge < -0.3 is 10.1 Å². The van der Waals surface area contributed by atoms with Crippen LogP contribution in [-0.2, 0) is 6.54 Å². The standard InChI is InChI=1S/C12H15Cl2NO/c1-7-3-11(7)15-6-8-4-10(14)12(16-2)5-9(8)13/h4-5,7,11,15H,3,6H2,1-2H3. The zero-order valence-corrected chi connectivity index (χ0v) is 10.9. The number of hydrogen-bond acceptors (Lipinski definition) is 2. The number of ether oxygens (including phenoxy) is 1. The van der Waals surface area contributed by atoms with Crippen LogP contribution in [0.2, 0.25) is 10.0 Å². The van der Waals surface area contributed by atoms with Gasteiger partial charge in [-0.2, -0.15) is 0 Å². The third-order valence-electron chi connectivity index (χ3n) is 2.99. The fourth-order valence-electron chi connectivity index (χ4n) is 1.71. The van der Waals surface area contributed by atoms with E-state index in [-0.39, 0.29) is 0 Å². The highest BCUT2D eigenvalue weighted by molar-refractivity contribution is 6.34. The van der Waals surface area contributed by atoms with Gasteiger partial charge in [0.1, 0.15) is 5.75 Å². The second-order valence-corrected chi connectivity index (χ2v) is 5.09. The van der Waals surface area contributed by atoms with Gasteiger partial charge in [0.05, 0.1) is 12.1 Å². The van der Waals surface area contributed by atoms with Crippen LogP contribution in [0.1, 0.15) is 18.9 Å². The van der Waals surface area contributed by atoms with Crippen LogP contribution in [0.5, 0.6) is 5.75 Å². The van der Waals surface area contributed by atoms with Crippen molar-refractivity contribution in [2.45, 2.75) is 25.9 Å². The van der Waals surface area contributed by atoms with Gasteiger partial charge in [0, 0.05) is 23.7 Å². The molecule has 1 N–H and O–H groups in total. The van der Waals surface area contributed by atoms with E-state index in [1.165, 1.54) is 6.42 Å². The molecule has 88 valence electrons. The fourth-order valence-corrected chi connectivity index (χ4v) is 2.19. The van der Waals surface area contributed by atoms with Crippen molar-refractivity contribution in [1.82, 2.24) is 5.32 Å². The lowest BCUT2D eigenvalue weighted by Gasteiger charge is -2.09. The second-order valence-electron chi connectivity index (χ2n) is 4.28. The fraction of sp³-hybridized carbons (Fsp3) is 0.500. The third kappa shape index (κ3) is 2.62. The van der Waals surface area contributed by atoms with Crippen LogP contribution >= 0.6 is 23.2 Å². The first-order valence-corrected chi connectivity index (χ1v) is 6.12. The summed E-state index contributed by atoms with van der Waals surface area (Å²) in [5.74, 6) is 1.41. The minimum Gasteiger partial charge on any atom is -0.495 e. The van der Waals surface area contributed by atoms with E-state index in [2.05, 4.69) is 12.2 Å². The lowest BCUT2D eigenvalue weighted by atomic mass is 10.2. The van der Waals surface area contributed by atoms with Gasteiger partial charge in [0.15, 0.2) is 0 Å². The molecule has 0 heterocycles. The van der Waals surface area contributed by atoms with Crippen molar-refractivity contribution in [3.8, 4) is 5.75 Å². The molecule has 0 radical (unpaired) electrons.